The monoisotopic (exact) mass is 348 g/mol. The van der Waals surface area contributed by atoms with Crippen molar-refractivity contribution in [1.29, 1.82) is 0 Å². The van der Waals surface area contributed by atoms with Gasteiger partial charge >= 0.3 is 29.6 Å². The predicted molar refractivity (Wildman–Crippen MR) is 93.1 cm³/mol. The van der Waals surface area contributed by atoms with Gasteiger partial charge in [0.15, 0.2) is 0 Å². The van der Waals surface area contributed by atoms with E-state index in [1.54, 1.807) is 0 Å². The Morgan fingerprint density at radius 3 is 1.95 bits per heavy atom. The zero-order chi connectivity index (χ0) is 15.5. The molecule has 0 atom stereocenters. The predicted octanol–water partition coefficient (Wildman–Crippen LogP) is 0.353. The van der Waals surface area contributed by atoms with E-state index in [0.29, 0.717) is 5.92 Å². The second kappa shape index (κ2) is 13.8. The number of carboxylic acids is 1. The van der Waals surface area contributed by atoms with Crippen molar-refractivity contribution in [3.63, 3.8) is 0 Å². The Bertz CT molecular complexity index is 400. The molecule has 0 unspecified atom stereocenters. The van der Waals surface area contributed by atoms with Crippen molar-refractivity contribution >= 4 is 29.5 Å². The fourth-order valence-corrected chi connectivity index (χ4v) is 3.77. The van der Waals surface area contributed by atoms with Gasteiger partial charge in [0.1, 0.15) is 0 Å². The normalized spacial score (nSPS) is 10.5. The molecule has 0 saturated heterocycles. The molecular weight excluding hydrogens is 323 g/mol. The van der Waals surface area contributed by atoms with Crippen LogP contribution < -0.4 is 34.7 Å². The number of carboxylic acid groups (broad SMARTS) is 1. The Morgan fingerprint density at radius 1 is 1.05 bits per heavy atom. The van der Waals surface area contributed by atoms with Crippen molar-refractivity contribution in [2.75, 3.05) is 23.0 Å². The Labute approximate surface area is 165 Å². The van der Waals surface area contributed by atoms with Gasteiger partial charge in [-0.15, -0.1) is 0 Å². The summed E-state index contributed by atoms with van der Waals surface area (Å²) in [7, 11) is 0. The summed E-state index contributed by atoms with van der Waals surface area (Å²) in [5.41, 5.74) is 2.16. The summed E-state index contributed by atoms with van der Waals surface area (Å²) in [5, 5.41) is 10.6. The molecule has 22 heavy (non-hydrogen) atoms. The molecule has 1 aromatic rings. The molecule has 0 spiro atoms. The maximum atomic E-state index is 10.6. The third kappa shape index (κ3) is 9.51. The van der Waals surface area contributed by atoms with Crippen molar-refractivity contribution in [1.82, 2.24) is 0 Å². The molecule has 0 aliphatic carbocycles. The maximum Gasteiger partial charge on any atom is 1.00 e. The molecule has 0 bridgehead atoms. The van der Waals surface area contributed by atoms with Gasteiger partial charge in [-0.3, -0.25) is 0 Å². The van der Waals surface area contributed by atoms with E-state index < -0.39 is 5.97 Å². The van der Waals surface area contributed by atoms with E-state index in [1.165, 1.54) is 41.4 Å². The summed E-state index contributed by atoms with van der Waals surface area (Å²) < 4.78 is 0. The Kier molecular flexibility index (Phi) is 14.0. The average molecular weight is 349 g/mol. The molecule has 2 nitrogen and oxygen atoms in total. The van der Waals surface area contributed by atoms with Crippen LogP contribution in [-0.4, -0.2) is 29.0 Å². The van der Waals surface area contributed by atoms with Crippen LogP contribution in [0.3, 0.4) is 0 Å². The minimum atomic E-state index is -1.02. The summed E-state index contributed by atoms with van der Waals surface area (Å²) in [5.74, 6) is 4.29. The van der Waals surface area contributed by atoms with Crippen LogP contribution in [0.25, 0.3) is 0 Å². The molecule has 0 aromatic heterocycles. The van der Waals surface area contributed by atoms with E-state index >= 15 is 0 Å². The van der Waals surface area contributed by atoms with Gasteiger partial charge in [-0.25, -0.2) is 0 Å². The molecule has 0 heterocycles. The number of hydrogen-bond acceptors (Lipinski definition) is 4. The summed E-state index contributed by atoms with van der Waals surface area (Å²) in [4.78, 5) is 10.6. The van der Waals surface area contributed by atoms with Crippen molar-refractivity contribution in [2.45, 2.75) is 39.0 Å². The van der Waals surface area contributed by atoms with Gasteiger partial charge in [0.25, 0.3) is 0 Å². The van der Waals surface area contributed by atoms with Gasteiger partial charge in [0.2, 0.25) is 0 Å². The summed E-state index contributed by atoms with van der Waals surface area (Å²) >= 11 is 3.98. The fourth-order valence-electron chi connectivity index (χ4n) is 2.29. The topological polar surface area (TPSA) is 40.1 Å². The van der Waals surface area contributed by atoms with Gasteiger partial charge in [-0.2, -0.15) is 23.5 Å². The molecule has 0 amide bonds. The first-order valence-corrected chi connectivity index (χ1v) is 9.92. The van der Waals surface area contributed by atoms with Gasteiger partial charge in [0.05, 0.1) is 0 Å². The number of aliphatic carboxylic acids is 1. The van der Waals surface area contributed by atoms with Crippen LogP contribution in [0, 0.1) is 0 Å². The van der Waals surface area contributed by atoms with Crippen LogP contribution >= 0.6 is 23.5 Å². The number of thioether (sulfide) groups is 2. The van der Waals surface area contributed by atoms with Crippen molar-refractivity contribution < 1.29 is 39.5 Å². The second-order valence-electron chi connectivity index (χ2n) is 4.96. The van der Waals surface area contributed by atoms with Gasteiger partial charge in [0, 0.05) is 12.4 Å². The van der Waals surface area contributed by atoms with Crippen LogP contribution in [0.1, 0.15) is 43.7 Å². The molecule has 0 fully saturated rings. The summed E-state index contributed by atoms with van der Waals surface area (Å²) in [6.07, 6.45) is 2.40. The largest absolute Gasteiger partial charge is 1.00 e. The van der Waals surface area contributed by atoms with E-state index in [4.69, 9.17) is 0 Å². The zero-order valence-electron chi connectivity index (χ0n) is 14.0. The molecule has 1 aromatic carbocycles. The van der Waals surface area contributed by atoms with E-state index in [2.05, 4.69) is 26.0 Å². The van der Waals surface area contributed by atoms with E-state index in [-0.39, 0.29) is 36.0 Å². The Balaban J connectivity index is 0.00000441. The summed E-state index contributed by atoms with van der Waals surface area (Å²) in [6.45, 7) is 4.39. The van der Waals surface area contributed by atoms with Crippen molar-refractivity contribution in [2.24, 2.45) is 0 Å². The number of carbonyl (C=O) groups is 1. The minimum absolute atomic E-state index is 0. The van der Waals surface area contributed by atoms with Crippen LogP contribution in [-0.2, 0) is 11.2 Å². The number of benzene rings is 1. The van der Waals surface area contributed by atoms with Gasteiger partial charge < -0.3 is 9.90 Å². The van der Waals surface area contributed by atoms with Crippen LogP contribution in [0.5, 0.6) is 0 Å². The standard InChI is InChI=1S/C17H26O2S2.Na/c1-3-20-11-9-16(10-12-21-4-2)15-7-5-14(6-8-15)13-17(18)19;/h5-8,16H,3-4,9-13H2,1-2H3,(H,18,19);/q;+1/p-1. The maximum absolute atomic E-state index is 10.6. The molecule has 0 aliphatic heterocycles. The molecule has 5 heteroatoms. The fraction of sp³-hybridized carbons (Fsp3) is 0.588. The molecule has 0 aliphatic rings. The number of carbonyl (C=O) groups excluding carboxylic acids is 1. The molecular formula is C17H25NaO2S2. The number of hydrogen-bond donors (Lipinski definition) is 0. The van der Waals surface area contributed by atoms with Crippen molar-refractivity contribution in [3.8, 4) is 0 Å². The Hall–Kier alpha value is 0.390. The SMILES string of the molecule is CCSCCC(CCSCC)c1ccc(CC(=O)[O-])cc1.[Na+]. The smallest absolute Gasteiger partial charge is 0.550 e. The number of rotatable bonds is 11. The quantitative estimate of drug-likeness (QED) is 0.427. The van der Waals surface area contributed by atoms with Gasteiger partial charge in [-0.1, -0.05) is 38.1 Å². The average Bonchev–Trinajstić information content (AvgIpc) is 2.46. The third-order valence-electron chi connectivity index (χ3n) is 3.43. The van der Waals surface area contributed by atoms with Crippen LogP contribution in [0.2, 0.25) is 0 Å². The van der Waals surface area contributed by atoms with Crippen LogP contribution in [0.4, 0.5) is 0 Å². The Morgan fingerprint density at radius 2 is 1.55 bits per heavy atom. The third-order valence-corrected chi connectivity index (χ3v) is 5.29. The first-order chi connectivity index (χ1) is 10.2. The first kappa shape index (κ1) is 22.4. The van der Waals surface area contributed by atoms with Crippen LogP contribution in [0.15, 0.2) is 24.3 Å². The summed E-state index contributed by atoms with van der Waals surface area (Å²) in [6, 6.07) is 8.04. The zero-order valence-corrected chi connectivity index (χ0v) is 17.6. The minimum Gasteiger partial charge on any atom is -0.550 e. The second-order valence-corrected chi connectivity index (χ2v) is 7.75. The van der Waals surface area contributed by atoms with E-state index in [1.807, 2.05) is 35.7 Å². The molecule has 118 valence electrons. The first-order valence-electron chi connectivity index (χ1n) is 7.61. The van der Waals surface area contributed by atoms with Crippen molar-refractivity contribution in [3.05, 3.63) is 35.4 Å². The van der Waals surface area contributed by atoms with E-state index in [9.17, 15) is 9.90 Å². The van der Waals surface area contributed by atoms with Gasteiger partial charge in [-0.05, 0) is 52.9 Å². The molecule has 1 rings (SSSR count). The molecule has 0 radical (unpaired) electrons. The van der Waals surface area contributed by atoms with E-state index in [0.717, 1.165) is 5.56 Å². The molecule has 0 N–H and O–H groups in total. The molecule has 0 saturated carbocycles.